The molecule has 0 fully saturated rings. The van der Waals surface area contributed by atoms with Gasteiger partial charge in [0.25, 0.3) is 0 Å². The largest absolute Gasteiger partial charge is 0.449 e. The Kier molecular flexibility index (Phi) is 1.16. The van der Waals surface area contributed by atoms with Crippen LogP contribution in [0.4, 0.5) is 0 Å². The second kappa shape index (κ2) is 2.01. The Hall–Kier alpha value is -0.980. The molecule has 0 spiro atoms. The quantitative estimate of drug-likeness (QED) is 0.575. The summed E-state index contributed by atoms with van der Waals surface area (Å²) in [4.78, 5) is 0. The average molecular weight is 134 g/mol. The lowest BCUT2D eigenvalue weighted by Crippen LogP contribution is -1.76. The summed E-state index contributed by atoms with van der Waals surface area (Å²) in [6.45, 7) is 2.18. The first-order valence-corrected chi connectivity index (χ1v) is 3.71. The van der Waals surface area contributed by atoms with E-state index in [4.69, 9.17) is 4.74 Å². The lowest BCUT2D eigenvalue weighted by atomic mass is 10.1. The van der Waals surface area contributed by atoms with Crippen LogP contribution in [0.15, 0.2) is 18.2 Å². The third-order valence-electron chi connectivity index (χ3n) is 1.75. The van der Waals surface area contributed by atoms with Gasteiger partial charge in [-0.05, 0) is 18.1 Å². The van der Waals surface area contributed by atoms with Crippen molar-refractivity contribution in [3.63, 3.8) is 0 Å². The lowest BCUT2D eigenvalue weighted by Gasteiger charge is -1.90. The summed E-state index contributed by atoms with van der Waals surface area (Å²) in [7, 11) is 0. The minimum atomic E-state index is 1.07. The van der Waals surface area contributed by atoms with Crippen molar-refractivity contribution in [2.45, 2.75) is 19.8 Å². The van der Waals surface area contributed by atoms with Gasteiger partial charge in [-0.1, -0.05) is 25.5 Å². The van der Waals surface area contributed by atoms with Gasteiger partial charge in [-0.3, -0.25) is 0 Å². The number of hydrogen-bond donors (Lipinski definition) is 0. The van der Waals surface area contributed by atoms with Crippen LogP contribution in [-0.4, -0.2) is 0 Å². The predicted molar refractivity (Wildman–Crippen MR) is 40.5 cm³/mol. The summed E-state index contributed by atoms with van der Waals surface area (Å²) in [6.07, 6.45) is 2.34. The Morgan fingerprint density at radius 2 is 2.30 bits per heavy atom. The maximum Gasteiger partial charge on any atom is 0.173 e. The van der Waals surface area contributed by atoms with Gasteiger partial charge in [0.15, 0.2) is 11.5 Å². The average Bonchev–Trinajstić information content (AvgIpc) is 2.67. The van der Waals surface area contributed by atoms with Crippen molar-refractivity contribution in [2.24, 2.45) is 0 Å². The molecular weight excluding hydrogens is 124 g/mol. The Bertz CT molecular complexity index is 253. The smallest absolute Gasteiger partial charge is 0.173 e. The number of aryl methyl sites for hydroxylation is 1. The van der Waals surface area contributed by atoms with Gasteiger partial charge in [0.05, 0.1) is 0 Å². The zero-order chi connectivity index (χ0) is 6.97. The molecule has 1 aliphatic heterocycles. The number of ether oxygens (including phenoxy) is 1. The molecule has 0 saturated carbocycles. The van der Waals surface area contributed by atoms with E-state index in [-0.39, 0.29) is 0 Å². The highest BCUT2D eigenvalue weighted by atomic mass is 16.6. The number of benzene rings is 1. The molecule has 1 heterocycles. The third kappa shape index (κ3) is 0.783. The van der Waals surface area contributed by atoms with Crippen molar-refractivity contribution in [2.75, 3.05) is 0 Å². The first kappa shape index (κ1) is 5.78. The van der Waals surface area contributed by atoms with E-state index in [0.29, 0.717) is 0 Å². The molecule has 1 heteroatoms. The van der Waals surface area contributed by atoms with E-state index in [2.05, 4.69) is 19.1 Å². The van der Waals surface area contributed by atoms with Gasteiger partial charge in [0.2, 0.25) is 0 Å². The topological polar surface area (TPSA) is 12.5 Å². The molecule has 0 radical (unpaired) electrons. The molecule has 1 aliphatic rings. The van der Waals surface area contributed by atoms with E-state index >= 15 is 0 Å². The fourth-order valence-electron chi connectivity index (χ4n) is 1.21. The molecule has 2 rings (SSSR count). The molecule has 0 amide bonds. The van der Waals surface area contributed by atoms with Crippen molar-refractivity contribution >= 4 is 0 Å². The summed E-state index contributed by atoms with van der Waals surface area (Å²) in [5, 5.41) is 0. The molecule has 10 heavy (non-hydrogen) atoms. The SMILES string of the molecule is CCCc1cccc2c1O2. The van der Waals surface area contributed by atoms with Crippen molar-refractivity contribution in [1.82, 2.24) is 0 Å². The molecule has 0 saturated heterocycles. The van der Waals surface area contributed by atoms with Crippen molar-refractivity contribution in [3.05, 3.63) is 23.8 Å². The molecule has 0 bridgehead atoms. The van der Waals surface area contributed by atoms with Crippen LogP contribution in [0.3, 0.4) is 0 Å². The predicted octanol–water partition coefficient (Wildman–Crippen LogP) is 2.74. The van der Waals surface area contributed by atoms with Gasteiger partial charge in [0, 0.05) is 0 Å². The van der Waals surface area contributed by atoms with Crippen LogP contribution in [0.2, 0.25) is 0 Å². The van der Waals surface area contributed by atoms with Gasteiger partial charge in [0.1, 0.15) is 0 Å². The zero-order valence-corrected chi connectivity index (χ0v) is 6.05. The van der Waals surface area contributed by atoms with E-state index in [1.54, 1.807) is 0 Å². The summed E-state index contributed by atoms with van der Waals surface area (Å²) < 4.78 is 5.22. The Morgan fingerprint density at radius 1 is 1.40 bits per heavy atom. The van der Waals surface area contributed by atoms with E-state index in [0.717, 1.165) is 17.9 Å². The fraction of sp³-hybridized carbons (Fsp3) is 0.333. The van der Waals surface area contributed by atoms with Crippen LogP contribution >= 0.6 is 0 Å². The molecule has 0 unspecified atom stereocenters. The first-order chi connectivity index (χ1) is 4.92. The molecule has 0 aromatic heterocycles. The van der Waals surface area contributed by atoms with Gasteiger partial charge >= 0.3 is 0 Å². The van der Waals surface area contributed by atoms with Crippen LogP contribution in [0.1, 0.15) is 18.9 Å². The summed E-state index contributed by atoms with van der Waals surface area (Å²) >= 11 is 0. The summed E-state index contributed by atoms with van der Waals surface area (Å²) in [5.74, 6) is 2.20. The third-order valence-corrected chi connectivity index (χ3v) is 1.75. The van der Waals surface area contributed by atoms with Crippen molar-refractivity contribution < 1.29 is 4.74 Å². The summed E-state index contributed by atoms with van der Waals surface area (Å²) in [6, 6.07) is 6.20. The molecule has 0 aliphatic carbocycles. The van der Waals surface area contributed by atoms with Gasteiger partial charge < -0.3 is 4.74 Å². The molecule has 52 valence electrons. The second-order valence-electron chi connectivity index (χ2n) is 2.60. The van der Waals surface area contributed by atoms with Crippen LogP contribution in [0.5, 0.6) is 11.5 Å². The van der Waals surface area contributed by atoms with Crippen LogP contribution in [0.25, 0.3) is 0 Å². The van der Waals surface area contributed by atoms with Crippen LogP contribution in [0, 0.1) is 0 Å². The highest BCUT2D eigenvalue weighted by Gasteiger charge is 2.22. The minimum Gasteiger partial charge on any atom is -0.449 e. The van der Waals surface area contributed by atoms with Crippen molar-refractivity contribution in [3.8, 4) is 11.5 Å². The zero-order valence-electron chi connectivity index (χ0n) is 6.05. The molecule has 0 atom stereocenters. The van der Waals surface area contributed by atoms with E-state index in [9.17, 15) is 0 Å². The molecule has 1 nitrogen and oxygen atoms in total. The number of fused-ring (bicyclic) bond motifs is 1. The lowest BCUT2D eigenvalue weighted by molar-refractivity contribution is 0.642. The van der Waals surface area contributed by atoms with Gasteiger partial charge in [-0.2, -0.15) is 0 Å². The number of hydrogen-bond acceptors (Lipinski definition) is 1. The Balaban J connectivity index is 2.29. The minimum absolute atomic E-state index is 1.07. The number of rotatable bonds is 2. The second-order valence-corrected chi connectivity index (χ2v) is 2.60. The highest BCUT2D eigenvalue weighted by molar-refractivity contribution is 5.59. The first-order valence-electron chi connectivity index (χ1n) is 3.71. The maximum atomic E-state index is 5.22. The molecule has 1 aromatic rings. The van der Waals surface area contributed by atoms with Crippen molar-refractivity contribution in [1.29, 1.82) is 0 Å². The standard InChI is InChI=1S/C9H10O/c1-2-4-7-5-3-6-8-9(7)10-8/h3,5-6H,2,4H2,1H3. The monoisotopic (exact) mass is 134 g/mol. The Morgan fingerprint density at radius 3 is 3.10 bits per heavy atom. The maximum absolute atomic E-state index is 5.22. The highest BCUT2D eigenvalue weighted by Crippen LogP contribution is 2.47. The van der Waals surface area contributed by atoms with E-state index in [1.807, 2.05) is 6.07 Å². The van der Waals surface area contributed by atoms with Crippen LogP contribution in [-0.2, 0) is 6.42 Å². The fourth-order valence-corrected chi connectivity index (χ4v) is 1.21. The normalized spacial score (nSPS) is 12.1. The summed E-state index contributed by atoms with van der Waals surface area (Å²) in [5.41, 5.74) is 1.36. The molecular formula is C9H10O. The molecule has 1 aromatic carbocycles. The number of para-hydroxylation sites is 1. The molecule has 0 N–H and O–H groups in total. The Labute approximate surface area is 60.6 Å². The van der Waals surface area contributed by atoms with E-state index in [1.165, 1.54) is 12.0 Å². The van der Waals surface area contributed by atoms with Crippen LogP contribution < -0.4 is 4.74 Å². The van der Waals surface area contributed by atoms with E-state index < -0.39 is 0 Å². The van der Waals surface area contributed by atoms with Gasteiger partial charge in [-0.25, -0.2) is 0 Å². The van der Waals surface area contributed by atoms with Gasteiger partial charge in [-0.15, -0.1) is 0 Å².